The van der Waals surface area contributed by atoms with Gasteiger partial charge < -0.3 is 5.32 Å². The van der Waals surface area contributed by atoms with Crippen molar-refractivity contribution in [2.24, 2.45) is 0 Å². The number of aromatic nitrogens is 2. The van der Waals surface area contributed by atoms with Crippen molar-refractivity contribution in [3.05, 3.63) is 41.0 Å². The number of aromatic amines is 1. The molecule has 21 heavy (non-hydrogen) atoms. The normalized spacial score (nSPS) is 11.0. The highest BCUT2D eigenvalue weighted by molar-refractivity contribution is 6.30. The minimum atomic E-state index is 0.755. The summed E-state index contributed by atoms with van der Waals surface area (Å²) in [7, 11) is 0. The molecule has 0 radical (unpaired) electrons. The Bertz CT molecular complexity index is 519. The van der Waals surface area contributed by atoms with Crippen LogP contribution in [-0.2, 0) is 6.54 Å². The van der Waals surface area contributed by atoms with Crippen molar-refractivity contribution in [2.45, 2.75) is 45.6 Å². The number of nitrogens with zero attached hydrogens (tertiary/aromatic N) is 1. The highest BCUT2D eigenvalue weighted by Crippen LogP contribution is 2.22. The van der Waals surface area contributed by atoms with E-state index in [1.807, 2.05) is 30.5 Å². The van der Waals surface area contributed by atoms with E-state index in [-0.39, 0.29) is 0 Å². The molecule has 3 nitrogen and oxygen atoms in total. The van der Waals surface area contributed by atoms with Crippen molar-refractivity contribution >= 4 is 11.6 Å². The number of hydrogen-bond donors (Lipinski definition) is 2. The zero-order valence-electron chi connectivity index (χ0n) is 12.7. The second-order valence-electron chi connectivity index (χ2n) is 5.37. The molecule has 0 fully saturated rings. The number of H-pyrrole nitrogens is 1. The Kier molecular flexibility index (Phi) is 6.77. The maximum atomic E-state index is 5.93. The third-order valence-corrected chi connectivity index (χ3v) is 3.88. The summed E-state index contributed by atoms with van der Waals surface area (Å²) in [6.45, 7) is 4.16. The van der Waals surface area contributed by atoms with Gasteiger partial charge in [0, 0.05) is 17.1 Å². The van der Waals surface area contributed by atoms with Gasteiger partial charge >= 0.3 is 0 Å². The summed E-state index contributed by atoms with van der Waals surface area (Å²) in [6.07, 6.45) is 8.45. The van der Waals surface area contributed by atoms with Crippen LogP contribution < -0.4 is 5.32 Å². The second-order valence-corrected chi connectivity index (χ2v) is 5.80. The highest BCUT2D eigenvalue weighted by Gasteiger charge is 2.07. The molecule has 1 heterocycles. The first-order valence-electron chi connectivity index (χ1n) is 7.80. The zero-order valence-corrected chi connectivity index (χ0v) is 13.4. The molecular weight excluding hydrogens is 282 g/mol. The average molecular weight is 306 g/mol. The summed E-state index contributed by atoms with van der Waals surface area (Å²) >= 11 is 5.93. The van der Waals surface area contributed by atoms with Gasteiger partial charge in [0.15, 0.2) is 0 Å². The fourth-order valence-electron chi connectivity index (χ4n) is 2.39. The van der Waals surface area contributed by atoms with E-state index in [0.29, 0.717) is 0 Å². The fraction of sp³-hybridized carbons (Fsp3) is 0.471. The van der Waals surface area contributed by atoms with Crippen molar-refractivity contribution < 1.29 is 0 Å². The molecule has 1 aromatic carbocycles. The van der Waals surface area contributed by atoms with Crippen LogP contribution >= 0.6 is 11.6 Å². The van der Waals surface area contributed by atoms with Crippen LogP contribution in [0.4, 0.5) is 0 Å². The summed E-state index contributed by atoms with van der Waals surface area (Å²) in [5.74, 6) is 0. The Balaban J connectivity index is 1.79. The molecule has 0 saturated heterocycles. The Morgan fingerprint density at radius 3 is 2.62 bits per heavy atom. The minimum absolute atomic E-state index is 0.755. The molecule has 0 amide bonds. The molecule has 4 heteroatoms. The fourth-order valence-corrected chi connectivity index (χ4v) is 2.51. The molecule has 2 aromatic rings. The maximum absolute atomic E-state index is 5.93. The van der Waals surface area contributed by atoms with Gasteiger partial charge in [0.05, 0.1) is 11.9 Å². The lowest BCUT2D eigenvalue weighted by atomic mass is 10.1. The summed E-state index contributed by atoms with van der Waals surface area (Å²) < 4.78 is 0. The van der Waals surface area contributed by atoms with Crippen LogP contribution in [0.2, 0.25) is 5.02 Å². The lowest BCUT2D eigenvalue weighted by Gasteiger charge is -2.06. The molecule has 2 rings (SSSR count). The highest BCUT2D eigenvalue weighted by atomic mass is 35.5. The Labute approximate surface area is 132 Å². The molecule has 0 saturated carbocycles. The SMILES string of the molecule is CCCCCCCNCc1cn[nH]c1-c1ccc(Cl)cc1. The largest absolute Gasteiger partial charge is 0.313 e. The van der Waals surface area contributed by atoms with Crippen molar-refractivity contribution in [1.29, 1.82) is 0 Å². The predicted octanol–water partition coefficient (Wildman–Crippen LogP) is 4.79. The lowest BCUT2D eigenvalue weighted by Crippen LogP contribution is -2.14. The number of benzene rings is 1. The monoisotopic (exact) mass is 305 g/mol. The maximum Gasteiger partial charge on any atom is 0.0695 e. The van der Waals surface area contributed by atoms with Gasteiger partial charge in [0.25, 0.3) is 0 Å². The summed E-state index contributed by atoms with van der Waals surface area (Å²) in [5.41, 5.74) is 3.40. The van der Waals surface area contributed by atoms with Gasteiger partial charge in [-0.05, 0) is 30.7 Å². The van der Waals surface area contributed by atoms with Crippen LogP contribution in [0.15, 0.2) is 30.5 Å². The van der Waals surface area contributed by atoms with Crippen LogP contribution in [0.25, 0.3) is 11.3 Å². The van der Waals surface area contributed by atoms with E-state index in [9.17, 15) is 0 Å². The number of hydrogen-bond acceptors (Lipinski definition) is 2. The van der Waals surface area contributed by atoms with Gasteiger partial charge in [0.2, 0.25) is 0 Å². The van der Waals surface area contributed by atoms with Gasteiger partial charge in [-0.1, -0.05) is 56.3 Å². The van der Waals surface area contributed by atoms with Crippen LogP contribution in [-0.4, -0.2) is 16.7 Å². The number of nitrogens with one attached hydrogen (secondary N) is 2. The lowest BCUT2D eigenvalue weighted by molar-refractivity contribution is 0.584. The van der Waals surface area contributed by atoms with Crippen LogP contribution in [0.3, 0.4) is 0 Å². The minimum Gasteiger partial charge on any atom is -0.313 e. The van der Waals surface area contributed by atoms with E-state index in [0.717, 1.165) is 29.4 Å². The first kappa shape index (κ1) is 16.1. The smallest absolute Gasteiger partial charge is 0.0695 e. The molecule has 0 bridgehead atoms. The van der Waals surface area contributed by atoms with Crippen molar-refractivity contribution in [1.82, 2.24) is 15.5 Å². The summed E-state index contributed by atoms with van der Waals surface area (Å²) in [5, 5.41) is 11.5. The standard InChI is InChI=1S/C17H24ClN3/c1-2-3-4-5-6-11-19-12-15-13-20-21-17(15)14-7-9-16(18)10-8-14/h7-10,13,19H,2-6,11-12H2,1H3,(H,20,21). The van der Waals surface area contributed by atoms with Gasteiger partial charge in [-0.15, -0.1) is 0 Å². The molecule has 0 spiro atoms. The van der Waals surface area contributed by atoms with E-state index in [1.54, 1.807) is 0 Å². The number of unbranched alkanes of at least 4 members (excludes halogenated alkanes) is 4. The molecular formula is C17H24ClN3. The first-order chi connectivity index (χ1) is 10.3. The average Bonchev–Trinajstić information content (AvgIpc) is 2.95. The van der Waals surface area contributed by atoms with E-state index < -0.39 is 0 Å². The number of rotatable bonds is 9. The summed E-state index contributed by atoms with van der Waals surface area (Å²) in [6, 6.07) is 7.85. The van der Waals surface area contributed by atoms with Crippen LogP contribution in [0.1, 0.15) is 44.6 Å². The molecule has 2 N–H and O–H groups in total. The third kappa shape index (κ3) is 5.18. The van der Waals surface area contributed by atoms with Crippen LogP contribution in [0.5, 0.6) is 0 Å². The molecule has 0 atom stereocenters. The Hall–Kier alpha value is -1.32. The van der Waals surface area contributed by atoms with Gasteiger partial charge in [-0.25, -0.2) is 0 Å². The topological polar surface area (TPSA) is 40.7 Å². The predicted molar refractivity (Wildman–Crippen MR) is 89.5 cm³/mol. The molecule has 0 aliphatic carbocycles. The second kappa shape index (κ2) is 8.85. The number of halogens is 1. The molecule has 0 aliphatic heterocycles. The van der Waals surface area contributed by atoms with Crippen molar-refractivity contribution in [3.8, 4) is 11.3 Å². The summed E-state index contributed by atoms with van der Waals surface area (Å²) in [4.78, 5) is 0. The zero-order chi connectivity index (χ0) is 14.9. The van der Waals surface area contributed by atoms with Crippen molar-refractivity contribution in [2.75, 3.05) is 6.54 Å². The van der Waals surface area contributed by atoms with Crippen molar-refractivity contribution in [3.63, 3.8) is 0 Å². The molecule has 114 valence electrons. The van der Waals surface area contributed by atoms with E-state index in [2.05, 4.69) is 22.4 Å². The molecule has 0 unspecified atom stereocenters. The van der Waals surface area contributed by atoms with Gasteiger partial charge in [-0.3, -0.25) is 5.10 Å². The van der Waals surface area contributed by atoms with E-state index in [4.69, 9.17) is 11.6 Å². The third-order valence-electron chi connectivity index (χ3n) is 3.62. The van der Waals surface area contributed by atoms with Gasteiger partial charge in [0.1, 0.15) is 0 Å². The van der Waals surface area contributed by atoms with Crippen LogP contribution in [0, 0.1) is 0 Å². The quantitative estimate of drug-likeness (QED) is 0.654. The van der Waals surface area contributed by atoms with E-state index >= 15 is 0 Å². The molecule has 0 aliphatic rings. The Morgan fingerprint density at radius 1 is 1.10 bits per heavy atom. The Morgan fingerprint density at radius 2 is 1.86 bits per heavy atom. The van der Waals surface area contributed by atoms with E-state index in [1.165, 1.54) is 37.7 Å². The molecule has 1 aromatic heterocycles. The van der Waals surface area contributed by atoms with Gasteiger partial charge in [-0.2, -0.15) is 5.10 Å². The first-order valence-corrected chi connectivity index (χ1v) is 8.18.